The molecule has 0 aliphatic heterocycles. The molecular formula is C14H13ClF3N3O2. The van der Waals surface area contributed by atoms with Crippen LogP contribution < -0.4 is 5.32 Å². The van der Waals surface area contributed by atoms with E-state index in [1.807, 2.05) is 0 Å². The molecule has 0 radical (unpaired) electrons. The number of amides is 1. The van der Waals surface area contributed by atoms with E-state index in [-0.39, 0.29) is 23.6 Å². The predicted molar refractivity (Wildman–Crippen MR) is 79.2 cm³/mol. The molecule has 0 unspecified atom stereocenters. The highest BCUT2D eigenvalue weighted by Gasteiger charge is 2.39. The van der Waals surface area contributed by atoms with Crippen molar-refractivity contribution in [2.75, 3.05) is 19.0 Å². The number of aryl methyl sites for hydroxylation is 1. The molecule has 9 heteroatoms. The topological polar surface area (TPSA) is 56.1 Å². The van der Waals surface area contributed by atoms with E-state index < -0.39 is 17.8 Å². The third-order valence-corrected chi connectivity index (χ3v) is 3.23. The molecule has 5 nitrogen and oxygen atoms in total. The number of ether oxygens (including phenoxy) is 1. The van der Waals surface area contributed by atoms with Crippen LogP contribution in [0.2, 0.25) is 5.02 Å². The molecule has 23 heavy (non-hydrogen) atoms. The van der Waals surface area contributed by atoms with Crippen LogP contribution in [0, 0.1) is 0 Å². The van der Waals surface area contributed by atoms with Gasteiger partial charge in [0.2, 0.25) is 0 Å². The smallest absolute Gasteiger partial charge is 0.375 e. The summed E-state index contributed by atoms with van der Waals surface area (Å²) in [5, 5.41) is 6.27. The Hall–Kier alpha value is -2.06. The number of methoxy groups -OCH3 is 1. The number of carbonyl (C=O) groups excluding carboxylic acids is 1. The fraction of sp³-hybridized carbons (Fsp3) is 0.286. The number of alkyl halides is 3. The van der Waals surface area contributed by atoms with E-state index in [4.69, 9.17) is 11.6 Å². The summed E-state index contributed by atoms with van der Waals surface area (Å²) in [6.07, 6.45) is -4.67. The Kier molecular flexibility index (Phi) is 4.96. The first kappa shape index (κ1) is 17.3. The van der Waals surface area contributed by atoms with Crippen molar-refractivity contribution >= 4 is 23.3 Å². The molecule has 1 N–H and O–H groups in total. The highest BCUT2D eigenvalue weighted by molar-refractivity contribution is 6.30. The number of halogens is 4. The summed E-state index contributed by atoms with van der Waals surface area (Å²) in [5.74, 6) is -0.652. The van der Waals surface area contributed by atoms with Crippen LogP contribution >= 0.6 is 11.6 Å². The number of nitrogens with one attached hydrogen (secondary N) is 1. The summed E-state index contributed by atoms with van der Waals surface area (Å²) < 4.78 is 45.4. The number of nitrogens with zero attached hydrogens (tertiary/aromatic N) is 2. The molecule has 1 amide bonds. The summed E-state index contributed by atoms with van der Waals surface area (Å²) in [5.41, 5.74) is -1.07. The molecule has 2 rings (SSSR count). The molecule has 0 bridgehead atoms. The maximum atomic E-state index is 13.3. The fourth-order valence-electron chi connectivity index (χ4n) is 2.06. The average molecular weight is 348 g/mol. The first-order chi connectivity index (χ1) is 10.7. The van der Waals surface area contributed by atoms with Gasteiger partial charge in [-0.3, -0.25) is 9.48 Å². The molecule has 0 saturated carbocycles. The summed E-state index contributed by atoms with van der Waals surface area (Å²) in [6.45, 7) is -0.285. The Bertz CT molecular complexity index is 711. The third-order valence-electron chi connectivity index (χ3n) is 2.98. The lowest BCUT2D eigenvalue weighted by Crippen LogP contribution is -2.19. The zero-order valence-electron chi connectivity index (χ0n) is 12.2. The summed E-state index contributed by atoms with van der Waals surface area (Å²) in [6, 6.07) is 5.79. The zero-order chi connectivity index (χ0) is 17.2. The Labute approximate surface area is 135 Å². The Morgan fingerprint density at radius 2 is 1.96 bits per heavy atom. The molecule has 2 aromatic rings. The van der Waals surface area contributed by atoms with Gasteiger partial charge in [0.05, 0.1) is 5.56 Å². The monoisotopic (exact) mass is 347 g/mol. The van der Waals surface area contributed by atoms with Gasteiger partial charge >= 0.3 is 6.18 Å². The van der Waals surface area contributed by atoms with Crippen LogP contribution in [0.3, 0.4) is 0 Å². The van der Waals surface area contributed by atoms with Crippen LogP contribution in [-0.2, 0) is 22.8 Å². The van der Waals surface area contributed by atoms with E-state index >= 15 is 0 Å². The number of rotatable bonds is 4. The van der Waals surface area contributed by atoms with Crippen molar-refractivity contribution in [3.05, 3.63) is 35.0 Å². The number of hydrogen-bond acceptors (Lipinski definition) is 3. The molecule has 0 aliphatic rings. The van der Waals surface area contributed by atoms with Gasteiger partial charge in [-0.2, -0.15) is 18.3 Å². The van der Waals surface area contributed by atoms with Crippen LogP contribution in [0.25, 0.3) is 11.1 Å². The number of anilines is 1. The molecule has 0 atom stereocenters. The lowest BCUT2D eigenvalue weighted by molar-refractivity contribution is -0.141. The van der Waals surface area contributed by atoms with Crippen LogP contribution in [0.15, 0.2) is 24.3 Å². The first-order valence-electron chi connectivity index (χ1n) is 6.43. The molecule has 124 valence electrons. The molecule has 0 saturated heterocycles. The van der Waals surface area contributed by atoms with Gasteiger partial charge in [0.1, 0.15) is 12.4 Å². The zero-order valence-corrected chi connectivity index (χ0v) is 13.0. The quantitative estimate of drug-likeness (QED) is 0.922. The van der Waals surface area contributed by atoms with Crippen molar-refractivity contribution in [2.45, 2.75) is 6.18 Å². The van der Waals surface area contributed by atoms with Gasteiger partial charge in [-0.25, -0.2) is 0 Å². The van der Waals surface area contributed by atoms with Crippen molar-refractivity contribution < 1.29 is 22.7 Å². The van der Waals surface area contributed by atoms with Crippen molar-refractivity contribution in [2.24, 2.45) is 7.05 Å². The second kappa shape index (κ2) is 6.59. The lowest BCUT2D eigenvalue weighted by Gasteiger charge is -2.10. The number of carbonyl (C=O) groups is 1. The van der Waals surface area contributed by atoms with Gasteiger partial charge in [0.25, 0.3) is 5.91 Å². The summed E-state index contributed by atoms with van der Waals surface area (Å²) in [7, 11) is 2.63. The van der Waals surface area contributed by atoms with E-state index in [1.165, 1.54) is 38.4 Å². The molecule has 1 aromatic heterocycles. The minimum absolute atomic E-state index is 0.0679. The van der Waals surface area contributed by atoms with Gasteiger partial charge in [-0.05, 0) is 17.7 Å². The number of hydrogen-bond donors (Lipinski definition) is 1. The first-order valence-corrected chi connectivity index (χ1v) is 6.80. The molecule has 1 aromatic carbocycles. The summed E-state index contributed by atoms with van der Waals surface area (Å²) in [4.78, 5) is 11.7. The highest BCUT2D eigenvalue weighted by atomic mass is 35.5. The highest BCUT2D eigenvalue weighted by Crippen LogP contribution is 2.40. The van der Waals surface area contributed by atoms with Gasteiger partial charge in [0, 0.05) is 19.2 Å². The molecule has 0 fully saturated rings. The van der Waals surface area contributed by atoms with E-state index in [2.05, 4.69) is 15.2 Å². The van der Waals surface area contributed by atoms with Crippen LogP contribution in [-0.4, -0.2) is 29.4 Å². The van der Waals surface area contributed by atoms with Crippen molar-refractivity contribution in [3.63, 3.8) is 0 Å². The van der Waals surface area contributed by atoms with Crippen molar-refractivity contribution in [1.29, 1.82) is 0 Å². The predicted octanol–water partition coefficient (Wildman–Crippen LogP) is 3.34. The lowest BCUT2D eigenvalue weighted by atomic mass is 10.0. The maximum Gasteiger partial charge on any atom is 0.435 e. The second-order valence-electron chi connectivity index (χ2n) is 4.68. The Morgan fingerprint density at radius 1 is 1.35 bits per heavy atom. The number of aromatic nitrogens is 2. The minimum atomic E-state index is -4.67. The van der Waals surface area contributed by atoms with Gasteiger partial charge in [-0.15, -0.1) is 0 Å². The van der Waals surface area contributed by atoms with E-state index in [9.17, 15) is 18.0 Å². The number of benzene rings is 1. The molecule has 0 aliphatic carbocycles. The van der Waals surface area contributed by atoms with Crippen molar-refractivity contribution in [3.8, 4) is 11.1 Å². The fourth-order valence-corrected chi connectivity index (χ4v) is 2.18. The van der Waals surface area contributed by atoms with Gasteiger partial charge in [0.15, 0.2) is 5.69 Å². The van der Waals surface area contributed by atoms with Crippen LogP contribution in [0.5, 0.6) is 0 Å². The SMILES string of the molecule is COCC(=O)Nc1c(-c2ccc(Cl)cc2)c(C(F)(F)F)nn1C. The molecule has 1 heterocycles. The third kappa shape index (κ3) is 3.83. The minimum Gasteiger partial charge on any atom is -0.375 e. The van der Waals surface area contributed by atoms with Gasteiger partial charge in [-0.1, -0.05) is 23.7 Å². The van der Waals surface area contributed by atoms with Crippen LogP contribution in [0.4, 0.5) is 19.0 Å². The van der Waals surface area contributed by atoms with E-state index in [0.717, 1.165) is 4.68 Å². The van der Waals surface area contributed by atoms with Crippen molar-refractivity contribution in [1.82, 2.24) is 9.78 Å². The Balaban J connectivity index is 2.59. The Morgan fingerprint density at radius 3 is 2.48 bits per heavy atom. The normalized spacial score (nSPS) is 11.6. The van der Waals surface area contributed by atoms with E-state index in [0.29, 0.717) is 5.02 Å². The van der Waals surface area contributed by atoms with Crippen LogP contribution in [0.1, 0.15) is 5.69 Å². The molecule has 0 spiro atoms. The molecular weight excluding hydrogens is 335 g/mol. The second-order valence-corrected chi connectivity index (χ2v) is 5.12. The largest absolute Gasteiger partial charge is 0.435 e. The van der Waals surface area contributed by atoms with Gasteiger partial charge < -0.3 is 10.1 Å². The average Bonchev–Trinajstić information content (AvgIpc) is 2.77. The summed E-state index contributed by atoms with van der Waals surface area (Å²) >= 11 is 5.77. The van der Waals surface area contributed by atoms with E-state index in [1.54, 1.807) is 0 Å². The standard InChI is InChI=1S/C14H13ClF3N3O2/c1-21-13(19-10(22)7-23-2)11(12(20-21)14(16,17)18)8-3-5-9(15)6-4-8/h3-6H,7H2,1-2H3,(H,19,22). The maximum absolute atomic E-state index is 13.3.